The zero-order valence-corrected chi connectivity index (χ0v) is 16.3. The van der Waals surface area contributed by atoms with Gasteiger partial charge in [0.15, 0.2) is 5.75 Å². The van der Waals surface area contributed by atoms with Gasteiger partial charge < -0.3 is 14.7 Å². The van der Waals surface area contributed by atoms with Gasteiger partial charge in [-0.3, -0.25) is 29.4 Å². The van der Waals surface area contributed by atoms with Gasteiger partial charge in [0, 0.05) is 19.2 Å². The van der Waals surface area contributed by atoms with Crippen LogP contribution in [0, 0.1) is 10.1 Å². The molecule has 0 spiro atoms. The number of hydrogen-bond acceptors (Lipinski definition) is 8. The molecule has 1 aliphatic heterocycles. The molecule has 1 aliphatic rings. The lowest BCUT2D eigenvalue weighted by atomic mass is 10.1. The van der Waals surface area contributed by atoms with E-state index in [1.165, 1.54) is 24.2 Å². The summed E-state index contributed by atoms with van der Waals surface area (Å²) in [4.78, 5) is 49.5. The van der Waals surface area contributed by atoms with E-state index in [1.54, 1.807) is 13.8 Å². The Morgan fingerprint density at radius 1 is 1.36 bits per heavy atom. The monoisotopic (exact) mass is 409 g/mol. The maximum atomic E-state index is 12.5. The number of carbonyl (C=O) groups is 3. The molecule has 1 fully saturated rings. The van der Waals surface area contributed by atoms with E-state index in [1.807, 2.05) is 0 Å². The van der Waals surface area contributed by atoms with Crippen molar-refractivity contribution >= 4 is 40.6 Å². The SMILES string of the molecule is CCN(CC)C(=O)CN1C(=O)S/C(=C\c2cc(OC)c(O)c([N+](=O)[O-])c2)C1=O. The van der Waals surface area contributed by atoms with Crippen molar-refractivity contribution in [3.63, 3.8) is 0 Å². The minimum atomic E-state index is -0.788. The Labute approximate surface area is 164 Å². The van der Waals surface area contributed by atoms with Crippen LogP contribution < -0.4 is 4.74 Å². The first kappa shape index (κ1) is 21.2. The Kier molecular flexibility index (Phi) is 6.62. The van der Waals surface area contributed by atoms with Crippen LogP contribution in [0.15, 0.2) is 17.0 Å². The van der Waals surface area contributed by atoms with Gasteiger partial charge in [0.25, 0.3) is 11.1 Å². The fourth-order valence-electron chi connectivity index (χ4n) is 2.59. The van der Waals surface area contributed by atoms with Crippen LogP contribution in [0.2, 0.25) is 0 Å². The lowest BCUT2D eigenvalue weighted by Crippen LogP contribution is -2.41. The van der Waals surface area contributed by atoms with Crippen molar-refractivity contribution in [3.05, 3.63) is 32.7 Å². The van der Waals surface area contributed by atoms with Crippen LogP contribution in [-0.4, -0.2) is 63.6 Å². The summed E-state index contributed by atoms with van der Waals surface area (Å²) in [7, 11) is 1.23. The molecule has 0 atom stereocenters. The summed E-state index contributed by atoms with van der Waals surface area (Å²) in [6.07, 6.45) is 1.28. The smallest absolute Gasteiger partial charge is 0.315 e. The molecule has 0 unspecified atom stereocenters. The molecule has 0 aromatic heterocycles. The minimum absolute atomic E-state index is 0.0133. The molecule has 1 saturated heterocycles. The van der Waals surface area contributed by atoms with Crippen LogP contribution in [0.1, 0.15) is 19.4 Å². The first-order valence-corrected chi connectivity index (χ1v) is 9.13. The number of imide groups is 1. The second-order valence-electron chi connectivity index (χ2n) is 5.68. The van der Waals surface area contributed by atoms with E-state index in [9.17, 15) is 29.6 Å². The van der Waals surface area contributed by atoms with Crippen molar-refractivity contribution in [2.75, 3.05) is 26.7 Å². The molecular weight excluding hydrogens is 390 g/mol. The van der Waals surface area contributed by atoms with Crippen LogP contribution in [-0.2, 0) is 9.59 Å². The molecule has 11 heteroatoms. The van der Waals surface area contributed by atoms with Gasteiger partial charge in [0.05, 0.1) is 16.9 Å². The second kappa shape index (κ2) is 8.74. The van der Waals surface area contributed by atoms with Crippen LogP contribution >= 0.6 is 11.8 Å². The van der Waals surface area contributed by atoms with Crippen molar-refractivity contribution in [1.29, 1.82) is 0 Å². The lowest BCUT2D eigenvalue weighted by Gasteiger charge is -2.21. The highest BCUT2D eigenvalue weighted by Crippen LogP contribution is 2.39. The summed E-state index contributed by atoms with van der Waals surface area (Å²) >= 11 is 0.632. The molecular formula is C17H19N3O7S. The number of nitro benzene ring substituents is 1. The molecule has 1 N–H and O–H groups in total. The van der Waals surface area contributed by atoms with Crippen LogP contribution in [0.4, 0.5) is 10.5 Å². The van der Waals surface area contributed by atoms with Gasteiger partial charge in [0.2, 0.25) is 11.7 Å². The number of carbonyl (C=O) groups excluding carboxylic acids is 3. The number of phenols is 1. The van der Waals surface area contributed by atoms with Crippen molar-refractivity contribution in [2.45, 2.75) is 13.8 Å². The highest BCUT2D eigenvalue weighted by atomic mass is 32.2. The van der Waals surface area contributed by atoms with E-state index in [-0.39, 0.29) is 28.7 Å². The number of nitrogens with zero attached hydrogens (tertiary/aromatic N) is 3. The molecule has 1 aromatic rings. The lowest BCUT2D eigenvalue weighted by molar-refractivity contribution is -0.386. The molecule has 0 aliphatic carbocycles. The first-order chi connectivity index (χ1) is 13.2. The van der Waals surface area contributed by atoms with Gasteiger partial charge in [-0.1, -0.05) is 0 Å². The maximum absolute atomic E-state index is 12.5. The number of likely N-dealkylation sites (N-methyl/N-ethyl adjacent to an activating group) is 1. The van der Waals surface area contributed by atoms with E-state index in [4.69, 9.17) is 4.74 Å². The zero-order chi connectivity index (χ0) is 21.0. The Morgan fingerprint density at radius 3 is 2.54 bits per heavy atom. The molecule has 0 bridgehead atoms. The van der Waals surface area contributed by atoms with Gasteiger partial charge in [-0.25, -0.2) is 0 Å². The normalized spacial score (nSPS) is 15.2. The number of rotatable bonds is 7. The van der Waals surface area contributed by atoms with Crippen molar-refractivity contribution in [1.82, 2.24) is 9.80 Å². The number of methoxy groups -OCH3 is 1. The highest BCUT2D eigenvalue weighted by Gasteiger charge is 2.37. The Balaban J connectivity index is 2.32. The first-order valence-electron chi connectivity index (χ1n) is 8.31. The van der Waals surface area contributed by atoms with Crippen LogP contribution in [0.5, 0.6) is 11.5 Å². The average molecular weight is 409 g/mol. The largest absolute Gasteiger partial charge is 0.500 e. The van der Waals surface area contributed by atoms with E-state index in [2.05, 4.69) is 0 Å². The summed E-state index contributed by atoms with van der Waals surface area (Å²) < 4.78 is 4.91. The van der Waals surface area contributed by atoms with Crippen molar-refractivity contribution < 1.29 is 29.2 Å². The van der Waals surface area contributed by atoms with Gasteiger partial charge >= 0.3 is 5.69 Å². The minimum Gasteiger partial charge on any atom is -0.500 e. The summed E-state index contributed by atoms with van der Waals surface area (Å²) in [5.41, 5.74) is -0.400. The number of ether oxygens (including phenoxy) is 1. The van der Waals surface area contributed by atoms with Crippen molar-refractivity contribution in [2.24, 2.45) is 0 Å². The maximum Gasteiger partial charge on any atom is 0.315 e. The summed E-state index contributed by atoms with van der Waals surface area (Å²) in [5.74, 6) is -1.79. The fraction of sp³-hybridized carbons (Fsp3) is 0.353. The number of nitro groups is 1. The van der Waals surface area contributed by atoms with Gasteiger partial charge in [-0.05, 0) is 43.3 Å². The molecule has 0 radical (unpaired) electrons. The Morgan fingerprint density at radius 2 is 2.00 bits per heavy atom. The van der Waals surface area contributed by atoms with Gasteiger partial charge in [0.1, 0.15) is 6.54 Å². The van der Waals surface area contributed by atoms with Gasteiger partial charge in [-0.15, -0.1) is 0 Å². The number of aromatic hydroxyl groups is 1. The third-order valence-electron chi connectivity index (χ3n) is 4.07. The summed E-state index contributed by atoms with van der Waals surface area (Å²) in [6.45, 7) is 4.12. The molecule has 1 heterocycles. The molecule has 10 nitrogen and oxygen atoms in total. The third kappa shape index (κ3) is 4.25. The molecule has 1 aromatic carbocycles. The number of amides is 3. The van der Waals surface area contributed by atoms with E-state index in [0.29, 0.717) is 24.9 Å². The van der Waals surface area contributed by atoms with Crippen LogP contribution in [0.3, 0.4) is 0 Å². The third-order valence-corrected chi connectivity index (χ3v) is 4.98. The summed E-state index contributed by atoms with van der Waals surface area (Å²) in [6, 6.07) is 2.37. The van der Waals surface area contributed by atoms with Gasteiger partial charge in [-0.2, -0.15) is 0 Å². The predicted octanol–water partition coefficient (Wildman–Crippen LogP) is 2.21. The molecule has 0 saturated carbocycles. The van der Waals surface area contributed by atoms with Crippen LogP contribution in [0.25, 0.3) is 6.08 Å². The molecule has 150 valence electrons. The molecule has 3 amide bonds. The average Bonchev–Trinajstić information content (AvgIpc) is 2.91. The predicted molar refractivity (Wildman–Crippen MR) is 102 cm³/mol. The van der Waals surface area contributed by atoms with E-state index < -0.39 is 27.5 Å². The second-order valence-corrected chi connectivity index (χ2v) is 6.68. The zero-order valence-electron chi connectivity index (χ0n) is 15.5. The van der Waals surface area contributed by atoms with E-state index >= 15 is 0 Å². The van der Waals surface area contributed by atoms with E-state index in [0.717, 1.165) is 11.0 Å². The fourth-order valence-corrected chi connectivity index (χ4v) is 3.43. The number of phenolic OH excluding ortho intramolecular Hbond substituents is 1. The Hall–Kier alpha value is -3.08. The van der Waals surface area contributed by atoms with Crippen molar-refractivity contribution in [3.8, 4) is 11.5 Å². The highest BCUT2D eigenvalue weighted by molar-refractivity contribution is 8.18. The molecule has 2 rings (SSSR count). The summed E-state index contributed by atoms with van der Waals surface area (Å²) in [5, 5.41) is 20.3. The number of thioether (sulfide) groups is 1. The standard InChI is InChI=1S/C17H19N3O7S/c1-4-18(5-2)14(21)9-19-16(23)13(28-17(19)24)8-10-6-11(20(25)26)15(22)12(7-10)27-3/h6-8,22H,4-5,9H2,1-3H3/b13-8-. The topological polar surface area (TPSA) is 130 Å². The number of benzene rings is 1. The Bertz CT molecular complexity index is 865. The molecule has 28 heavy (non-hydrogen) atoms. The number of hydrogen-bond donors (Lipinski definition) is 1. The quantitative estimate of drug-likeness (QED) is 0.412.